The molecule has 0 unspecified atom stereocenters. The fraction of sp³-hybridized carbons (Fsp3) is 0.200. The van der Waals surface area contributed by atoms with Gasteiger partial charge in [0.1, 0.15) is 0 Å². The highest BCUT2D eigenvalue weighted by Crippen LogP contribution is 2.19. The normalized spacial score (nSPS) is 14.6. The van der Waals surface area contributed by atoms with Gasteiger partial charge < -0.3 is 0 Å². The quantitative estimate of drug-likeness (QED) is 0.735. The van der Waals surface area contributed by atoms with Crippen molar-refractivity contribution in [3.8, 4) is 0 Å². The second-order valence-electron chi connectivity index (χ2n) is 3.49. The Morgan fingerprint density at radius 1 is 1.18 bits per heavy atom. The van der Waals surface area contributed by atoms with E-state index in [9.17, 15) is 18.0 Å². The Morgan fingerprint density at radius 2 is 1.82 bits per heavy atom. The molecule has 0 saturated heterocycles. The fourth-order valence-corrected chi connectivity index (χ4v) is 2.65. The van der Waals surface area contributed by atoms with Crippen molar-refractivity contribution in [2.75, 3.05) is 6.54 Å². The van der Waals surface area contributed by atoms with Crippen LogP contribution in [0.25, 0.3) is 0 Å². The van der Waals surface area contributed by atoms with Gasteiger partial charge in [0.15, 0.2) is 0 Å². The molecule has 0 spiro atoms. The summed E-state index contributed by atoms with van der Waals surface area (Å²) in [5.41, 5.74) is 0.291. The lowest BCUT2D eigenvalue weighted by molar-refractivity contribution is 0.0879. The van der Waals surface area contributed by atoms with Crippen LogP contribution in [0.3, 0.4) is 0 Å². The molecule has 2 N–H and O–H groups in total. The first-order chi connectivity index (χ1) is 7.95. The first-order valence-electron chi connectivity index (χ1n) is 4.95. The van der Waals surface area contributed by atoms with E-state index in [1.54, 1.807) is 6.92 Å². The molecule has 1 aromatic carbocycles. The Bertz CT molecular complexity index is 607. The van der Waals surface area contributed by atoms with Gasteiger partial charge in [-0.3, -0.25) is 14.9 Å². The number of nitrogens with one attached hydrogen (secondary N) is 2. The standard InChI is InChI=1S/C10H10N2O4S/c1-2-11-17(15,16)6-3-4-7-8(5-6)10(14)12-9(7)13/h3-5,11H,2H2,1H3,(H,12,13,14). The largest absolute Gasteiger partial charge is 0.288 e. The zero-order valence-corrected chi connectivity index (χ0v) is 9.80. The first kappa shape index (κ1) is 11.7. The Kier molecular flexibility index (Phi) is 2.72. The molecule has 6 nitrogen and oxygen atoms in total. The predicted molar refractivity (Wildman–Crippen MR) is 59.1 cm³/mol. The maximum absolute atomic E-state index is 11.7. The average Bonchev–Trinajstić information content (AvgIpc) is 2.54. The highest BCUT2D eigenvalue weighted by atomic mass is 32.2. The molecule has 1 heterocycles. The Morgan fingerprint density at radius 3 is 2.47 bits per heavy atom. The molecule has 1 aliphatic heterocycles. The number of rotatable bonds is 3. The van der Waals surface area contributed by atoms with Crippen molar-refractivity contribution in [1.29, 1.82) is 0 Å². The van der Waals surface area contributed by atoms with Crippen molar-refractivity contribution in [2.24, 2.45) is 0 Å². The van der Waals surface area contributed by atoms with Crippen LogP contribution in [0.2, 0.25) is 0 Å². The van der Waals surface area contributed by atoms with Gasteiger partial charge in [-0.15, -0.1) is 0 Å². The van der Waals surface area contributed by atoms with Crippen LogP contribution < -0.4 is 10.0 Å². The number of fused-ring (bicyclic) bond motifs is 1. The molecule has 0 aliphatic carbocycles. The van der Waals surface area contributed by atoms with E-state index in [1.807, 2.05) is 0 Å². The average molecular weight is 254 g/mol. The molecule has 2 rings (SSSR count). The van der Waals surface area contributed by atoms with Crippen LogP contribution in [-0.4, -0.2) is 26.8 Å². The minimum atomic E-state index is -3.61. The van der Waals surface area contributed by atoms with Gasteiger partial charge in [0.2, 0.25) is 10.0 Å². The molecular weight excluding hydrogens is 244 g/mol. The lowest BCUT2D eigenvalue weighted by Gasteiger charge is -2.04. The van der Waals surface area contributed by atoms with Crippen LogP contribution in [0.4, 0.5) is 0 Å². The number of imide groups is 1. The molecule has 7 heteroatoms. The zero-order valence-electron chi connectivity index (χ0n) is 8.98. The number of carbonyl (C=O) groups is 2. The van der Waals surface area contributed by atoms with Crippen LogP contribution in [-0.2, 0) is 10.0 Å². The summed E-state index contributed by atoms with van der Waals surface area (Å²) >= 11 is 0. The van der Waals surface area contributed by atoms with Crippen LogP contribution >= 0.6 is 0 Å². The third-order valence-corrected chi connectivity index (χ3v) is 3.90. The SMILES string of the molecule is CCNS(=O)(=O)c1ccc2c(c1)C(=O)NC2=O. The van der Waals surface area contributed by atoms with E-state index in [4.69, 9.17) is 0 Å². The minimum Gasteiger partial charge on any atom is -0.288 e. The monoisotopic (exact) mass is 254 g/mol. The number of hydrogen-bond donors (Lipinski definition) is 2. The first-order valence-corrected chi connectivity index (χ1v) is 6.43. The van der Waals surface area contributed by atoms with E-state index in [1.165, 1.54) is 18.2 Å². The van der Waals surface area contributed by atoms with Gasteiger partial charge in [0.25, 0.3) is 11.8 Å². The van der Waals surface area contributed by atoms with Gasteiger partial charge in [-0.05, 0) is 18.2 Å². The number of sulfonamides is 1. The minimum absolute atomic E-state index is 0.0250. The highest BCUT2D eigenvalue weighted by Gasteiger charge is 2.28. The summed E-state index contributed by atoms with van der Waals surface area (Å²) in [6.07, 6.45) is 0. The van der Waals surface area contributed by atoms with Gasteiger partial charge in [0.05, 0.1) is 16.0 Å². The summed E-state index contributed by atoms with van der Waals surface area (Å²) < 4.78 is 25.7. The molecule has 1 aliphatic rings. The maximum atomic E-state index is 11.7. The molecule has 0 radical (unpaired) electrons. The molecule has 90 valence electrons. The van der Waals surface area contributed by atoms with E-state index < -0.39 is 21.8 Å². The van der Waals surface area contributed by atoms with Gasteiger partial charge in [-0.2, -0.15) is 0 Å². The summed E-state index contributed by atoms with van der Waals surface area (Å²) in [7, 11) is -3.61. The molecule has 0 bridgehead atoms. The Balaban J connectivity index is 2.52. The number of amides is 2. The topological polar surface area (TPSA) is 92.3 Å². The highest BCUT2D eigenvalue weighted by molar-refractivity contribution is 7.89. The number of carbonyl (C=O) groups excluding carboxylic acids is 2. The van der Waals surface area contributed by atoms with E-state index in [2.05, 4.69) is 10.0 Å². The molecular formula is C10H10N2O4S. The molecule has 17 heavy (non-hydrogen) atoms. The Labute approximate surface area is 98.1 Å². The predicted octanol–water partition coefficient (Wildman–Crippen LogP) is -0.132. The summed E-state index contributed by atoms with van der Waals surface area (Å²) in [4.78, 5) is 22.6. The maximum Gasteiger partial charge on any atom is 0.258 e. The summed E-state index contributed by atoms with van der Waals surface area (Å²) in [6, 6.07) is 3.84. The van der Waals surface area contributed by atoms with Gasteiger partial charge in [-0.25, -0.2) is 13.1 Å². The Hall–Kier alpha value is -1.73. The van der Waals surface area contributed by atoms with Crippen LogP contribution in [0.1, 0.15) is 27.6 Å². The second kappa shape index (κ2) is 3.94. The van der Waals surface area contributed by atoms with Crippen molar-refractivity contribution in [3.05, 3.63) is 29.3 Å². The number of hydrogen-bond acceptors (Lipinski definition) is 4. The van der Waals surface area contributed by atoms with Gasteiger partial charge in [0, 0.05) is 6.54 Å². The van der Waals surface area contributed by atoms with Crippen molar-refractivity contribution in [1.82, 2.24) is 10.0 Å². The summed E-state index contributed by atoms with van der Waals surface area (Å²) in [5, 5.41) is 2.10. The molecule has 0 saturated carbocycles. The second-order valence-corrected chi connectivity index (χ2v) is 5.26. The summed E-state index contributed by atoms with van der Waals surface area (Å²) in [5.74, 6) is -1.07. The smallest absolute Gasteiger partial charge is 0.258 e. The molecule has 1 aromatic rings. The fourth-order valence-electron chi connectivity index (χ4n) is 1.59. The molecule has 2 amide bonds. The lowest BCUT2D eigenvalue weighted by atomic mass is 10.1. The van der Waals surface area contributed by atoms with Gasteiger partial charge in [-0.1, -0.05) is 6.92 Å². The third-order valence-electron chi connectivity index (χ3n) is 2.35. The van der Waals surface area contributed by atoms with E-state index in [0.29, 0.717) is 0 Å². The number of benzene rings is 1. The van der Waals surface area contributed by atoms with Crippen molar-refractivity contribution in [2.45, 2.75) is 11.8 Å². The van der Waals surface area contributed by atoms with E-state index in [-0.39, 0.29) is 22.6 Å². The van der Waals surface area contributed by atoms with Gasteiger partial charge >= 0.3 is 0 Å². The van der Waals surface area contributed by atoms with Crippen LogP contribution in [0.5, 0.6) is 0 Å². The molecule has 0 aromatic heterocycles. The lowest BCUT2D eigenvalue weighted by Crippen LogP contribution is -2.23. The third kappa shape index (κ3) is 1.94. The molecule has 0 fully saturated rings. The van der Waals surface area contributed by atoms with E-state index in [0.717, 1.165) is 0 Å². The van der Waals surface area contributed by atoms with Crippen molar-refractivity contribution in [3.63, 3.8) is 0 Å². The van der Waals surface area contributed by atoms with Crippen LogP contribution in [0.15, 0.2) is 23.1 Å². The van der Waals surface area contributed by atoms with E-state index >= 15 is 0 Å². The molecule has 0 atom stereocenters. The van der Waals surface area contributed by atoms with Crippen molar-refractivity contribution < 1.29 is 18.0 Å². The van der Waals surface area contributed by atoms with Crippen LogP contribution in [0, 0.1) is 0 Å². The summed E-state index contributed by atoms with van der Waals surface area (Å²) in [6.45, 7) is 1.91. The zero-order chi connectivity index (χ0) is 12.6. The van der Waals surface area contributed by atoms with Crippen molar-refractivity contribution >= 4 is 21.8 Å².